The van der Waals surface area contributed by atoms with Crippen molar-refractivity contribution in [1.82, 2.24) is 10.2 Å². The van der Waals surface area contributed by atoms with Crippen molar-refractivity contribution in [1.29, 1.82) is 0 Å². The van der Waals surface area contributed by atoms with Crippen LogP contribution in [0.15, 0.2) is 23.2 Å². The lowest BCUT2D eigenvalue weighted by Crippen LogP contribution is -2.46. The highest BCUT2D eigenvalue weighted by Crippen LogP contribution is 2.28. The Bertz CT molecular complexity index is 601. The molecule has 0 spiro atoms. The fourth-order valence-electron chi connectivity index (χ4n) is 3.30. The summed E-state index contributed by atoms with van der Waals surface area (Å²) in [5, 5.41) is 3.46. The van der Waals surface area contributed by atoms with Crippen molar-refractivity contribution in [2.45, 2.75) is 38.8 Å². The van der Waals surface area contributed by atoms with Crippen molar-refractivity contribution in [3.63, 3.8) is 0 Å². The lowest BCUT2D eigenvalue weighted by Gasteiger charge is -2.34. The monoisotopic (exact) mass is 393 g/mol. The van der Waals surface area contributed by atoms with Gasteiger partial charge in [0.1, 0.15) is 0 Å². The molecule has 1 aliphatic rings. The van der Waals surface area contributed by atoms with Gasteiger partial charge in [-0.15, -0.1) is 0 Å². The lowest BCUT2D eigenvalue weighted by atomic mass is 10.1. The first-order chi connectivity index (χ1) is 13.7. The average Bonchev–Trinajstić information content (AvgIpc) is 2.73. The van der Waals surface area contributed by atoms with E-state index in [1.165, 1.54) is 0 Å². The Labute approximate surface area is 169 Å². The number of nitrogens with one attached hydrogen (secondary N) is 1. The molecule has 1 heterocycles. The Morgan fingerprint density at radius 2 is 1.96 bits per heavy atom. The van der Waals surface area contributed by atoms with Crippen LogP contribution in [0.25, 0.3) is 0 Å². The number of likely N-dealkylation sites (tertiary alicyclic amines) is 1. The summed E-state index contributed by atoms with van der Waals surface area (Å²) in [6.07, 6.45) is 3.32. The Balaban J connectivity index is 1.81. The van der Waals surface area contributed by atoms with E-state index in [-0.39, 0.29) is 0 Å². The first-order valence-electron chi connectivity index (χ1n) is 10.1. The highest BCUT2D eigenvalue weighted by atomic mass is 16.5. The standard InChI is InChI=1S/C21H35N3O4/c1-5-27-20-15-17(7-8-19(20)26-4)16-23-21(22-2)24-11-9-18(10-12-24)28-14-6-13-25-3/h7-8,15,18H,5-6,9-14,16H2,1-4H3,(H,22,23). The van der Waals surface area contributed by atoms with Crippen molar-refractivity contribution in [2.75, 3.05) is 54.2 Å². The molecular weight excluding hydrogens is 358 g/mol. The second-order valence-corrected chi connectivity index (χ2v) is 6.72. The zero-order valence-corrected chi connectivity index (χ0v) is 17.7. The largest absolute Gasteiger partial charge is 0.493 e. The van der Waals surface area contributed by atoms with Crippen LogP contribution in [0.3, 0.4) is 0 Å². The molecule has 0 amide bonds. The molecule has 0 aromatic heterocycles. The average molecular weight is 394 g/mol. The van der Waals surface area contributed by atoms with Gasteiger partial charge in [-0.1, -0.05) is 6.07 Å². The van der Waals surface area contributed by atoms with Gasteiger partial charge in [0.25, 0.3) is 0 Å². The maximum Gasteiger partial charge on any atom is 0.193 e. The van der Waals surface area contributed by atoms with Gasteiger partial charge in [-0.05, 0) is 43.9 Å². The summed E-state index contributed by atoms with van der Waals surface area (Å²) in [6.45, 7) is 6.68. The third-order valence-electron chi connectivity index (χ3n) is 4.78. The molecule has 0 bridgehead atoms. The van der Waals surface area contributed by atoms with E-state index in [9.17, 15) is 0 Å². The molecule has 0 unspecified atom stereocenters. The molecule has 158 valence electrons. The summed E-state index contributed by atoms with van der Waals surface area (Å²) >= 11 is 0. The highest BCUT2D eigenvalue weighted by molar-refractivity contribution is 5.80. The molecule has 1 fully saturated rings. The summed E-state index contributed by atoms with van der Waals surface area (Å²) in [7, 11) is 5.21. The Kier molecular flexibility index (Phi) is 9.93. The third kappa shape index (κ3) is 6.87. The van der Waals surface area contributed by atoms with Gasteiger partial charge in [0.05, 0.1) is 19.8 Å². The van der Waals surface area contributed by atoms with Crippen LogP contribution in [-0.2, 0) is 16.0 Å². The number of piperidine rings is 1. The number of nitrogens with zero attached hydrogens (tertiary/aromatic N) is 2. The maximum absolute atomic E-state index is 5.94. The number of rotatable bonds is 10. The molecule has 1 saturated heterocycles. The van der Waals surface area contributed by atoms with E-state index < -0.39 is 0 Å². The van der Waals surface area contributed by atoms with E-state index in [4.69, 9.17) is 18.9 Å². The molecule has 1 N–H and O–H groups in total. The van der Waals surface area contributed by atoms with Gasteiger partial charge < -0.3 is 29.2 Å². The number of hydrogen-bond acceptors (Lipinski definition) is 5. The molecule has 0 radical (unpaired) electrons. The van der Waals surface area contributed by atoms with Crippen LogP contribution in [0, 0.1) is 0 Å². The zero-order chi connectivity index (χ0) is 20.2. The van der Waals surface area contributed by atoms with Gasteiger partial charge in [-0.3, -0.25) is 4.99 Å². The van der Waals surface area contributed by atoms with Crippen molar-refractivity contribution in [3.8, 4) is 11.5 Å². The van der Waals surface area contributed by atoms with Crippen LogP contribution in [0.4, 0.5) is 0 Å². The van der Waals surface area contributed by atoms with Crippen molar-refractivity contribution in [2.24, 2.45) is 4.99 Å². The molecule has 0 aliphatic carbocycles. The lowest BCUT2D eigenvalue weighted by molar-refractivity contribution is 0.00989. The van der Waals surface area contributed by atoms with Gasteiger partial charge in [-0.2, -0.15) is 0 Å². The quantitative estimate of drug-likeness (QED) is 0.375. The number of methoxy groups -OCH3 is 2. The second kappa shape index (κ2) is 12.5. The highest BCUT2D eigenvalue weighted by Gasteiger charge is 2.21. The van der Waals surface area contributed by atoms with Crippen LogP contribution in [0.1, 0.15) is 31.7 Å². The Morgan fingerprint density at radius 3 is 2.61 bits per heavy atom. The van der Waals surface area contributed by atoms with Crippen molar-refractivity contribution >= 4 is 5.96 Å². The molecule has 1 aromatic rings. The van der Waals surface area contributed by atoms with Gasteiger partial charge >= 0.3 is 0 Å². The van der Waals surface area contributed by atoms with E-state index in [2.05, 4.69) is 15.2 Å². The Morgan fingerprint density at radius 1 is 1.18 bits per heavy atom. The molecule has 1 aromatic carbocycles. The minimum atomic E-state index is 0.335. The van der Waals surface area contributed by atoms with E-state index in [0.29, 0.717) is 19.3 Å². The Hall–Kier alpha value is -1.99. The summed E-state index contributed by atoms with van der Waals surface area (Å²) < 4.78 is 22.0. The van der Waals surface area contributed by atoms with Gasteiger partial charge in [0.2, 0.25) is 0 Å². The minimum absolute atomic E-state index is 0.335. The molecular formula is C21H35N3O4. The van der Waals surface area contributed by atoms with Gasteiger partial charge in [0.15, 0.2) is 17.5 Å². The summed E-state index contributed by atoms with van der Waals surface area (Å²) in [4.78, 5) is 6.74. The molecule has 0 atom stereocenters. The number of hydrogen-bond donors (Lipinski definition) is 1. The second-order valence-electron chi connectivity index (χ2n) is 6.72. The molecule has 7 heteroatoms. The van der Waals surface area contributed by atoms with E-state index in [0.717, 1.165) is 68.6 Å². The van der Waals surface area contributed by atoms with E-state index >= 15 is 0 Å². The van der Waals surface area contributed by atoms with Crippen LogP contribution in [-0.4, -0.2) is 71.1 Å². The molecule has 7 nitrogen and oxygen atoms in total. The first kappa shape index (κ1) is 22.3. The number of benzene rings is 1. The molecule has 1 aliphatic heterocycles. The predicted octanol–water partition coefficient (Wildman–Crippen LogP) is 2.69. The summed E-state index contributed by atoms with van der Waals surface area (Å²) in [5.74, 6) is 2.44. The van der Waals surface area contributed by atoms with Gasteiger partial charge in [-0.25, -0.2) is 0 Å². The zero-order valence-electron chi connectivity index (χ0n) is 17.7. The van der Waals surface area contributed by atoms with Crippen LogP contribution in [0.2, 0.25) is 0 Å². The first-order valence-corrected chi connectivity index (χ1v) is 10.1. The fourth-order valence-corrected chi connectivity index (χ4v) is 3.30. The van der Waals surface area contributed by atoms with Crippen LogP contribution >= 0.6 is 0 Å². The topological polar surface area (TPSA) is 64.6 Å². The summed E-state index contributed by atoms with van der Waals surface area (Å²) in [6, 6.07) is 6.00. The molecule has 0 saturated carbocycles. The van der Waals surface area contributed by atoms with E-state index in [1.54, 1.807) is 14.2 Å². The smallest absolute Gasteiger partial charge is 0.193 e. The maximum atomic E-state index is 5.94. The van der Waals surface area contributed by atoms with Gasteiger partial charge in [0, 0.05) is 47.0 Å². The predicted molar refractivity (Wildman–Crippen MR) is 111 cm³/mol. The fraction of sp³-hybridized carbons (Fsp3) is 0.667. The third-order valence-corrected chi connectivity index (χ3v) is 4.78. The number of ether oxygens (including phenoxy) is 4. The van der Waals surface area contributed by atoms with Crippen molar-refractivity contribution in [3.05, 3.63) is 23.8 Å². The van der Waals surface area contributed by atoms with Crippen LogP contribution in [0.5, 0.6) is 11.5 Å². The molecule has 2 rings (SSSR count). The summed E-state index contributed by atoms with van der Waals surface area (Å²) in [5.41, 5.74) is 1.13. The minimum Gasteiger partial charge on any atom is -0.493 e. The van der Waals surface area contributed by atoms with E-state index in [1.807, 2.05) is 32.2 Å². The number of guanidine groups is 1. The SMILES string of the molecule is CCOc1cc(CNC(=NC)N2CCC(OCCCOC)CC2)ccc1OC. The number of aliphatic imine (C=N–C) groups is 1. The molecule has 28 heavy (non-hydrogen) atoms. The normalized spacial score (nSPS) is 15.6. The van der Waals surface area contributed by atoms with Crippen molar-refractivity contribution < 1.29 is 18.9 Å². The van der Waals surface area contributed by atoms with Crippen LogP contribution < -0.4 is 14.8 Å².